The van der Waals surface area contributed by atoms with Gasteiger partial charge < -0.3 is 4.74 Å². The van der Waals surface area contributed by atoms with Crippen LogP contribution in [0.2, 0.25) is 0 Å². The minimum absolute atomic E-state index is 0.198. The van der Waals surface area contributed by atoms with E-state index in [1.54, 1.807) is 17.8 Å². The highest BCUT2D eigenvalue weighted by Crippen LogP contribution is 2.29. The maximum atomic E-state index is 13.7. The summed E-state index contributed by atoms with van der Waals surface area (Å²) in [7, 11) is 0. The first kappa shape index (κ1) is 14.3. The molecule has 0 saturated carbocycles. The molecule has 3 N–H and O–H groups in total. The minimum atomic E-state index is -0.413. The predicted octanol–water partition coefficient (Wildman–Crippen LogP) is 1.84. The van der Waals surface area contributed by atoms with Gasteiger partial charge in [-0.05, 0) is 37.1 Å². The molecule has 19 heavy (non-hydrogen) atoms. The lowest BCUT2D eigenvalue weighted by atomic mass is 10.1. The number of nitrogen functional groups attached to an aromatic ring is 1. The monoisotopic (exact) mass is 284 g/mol. The summed E-state index contributed by atoms with van der Waals surface area (Å²) >= 11 is 1.66. The molecule has 0 aliphatic carbocycles. The van der Waals surface area contributed by atoms with Crippen molar-refractivity contribution < 1.29 is 13.9 Å². The van der Waals surface area contributed by atoms with E-state index in [0.717, 1.165) is 13.0 Å². The molecule has 1 heterocycles. The van der Waals surface area contributed by atoms with Crippen LogP contribution in [0.3, 0.4) is 0 Å². The lowest BCUT2D eigenvalue weighted by molar-refractivity contribution is 0.0953. The highest BCUT2D eigenvalue weighted by atomic mass is 32.2. The van der Waals surface area contributed by atoms with Crippen molar-refractivity contribution in [2.24, 2.45) is 5.84 Å². The van der Waals surface area contributed by atoms with Crippen LogP contribution in [0.4, 0.5) is 4.39 Å². The number of carbonyl (C=O) groups excluding carboxylic acids is 1. The van der Waals surface area contributed by atoms with Crippen LogP contribution in [0.1, 0.15) is 29.3 Å². The Hall–Kier alpha value is -1.11. The van der Waals surface area contributed by atoms with Gasteiger partial charge >= 0.3 is 0 Å². The summed E-state index contributed by atoms with van der Waals surface area (Å²) in [5.41, 5.74) is 2.93. The van der Waals surface area contributed by atoms with Crippen molar-refractivity contribution in [1.29, 1.82) is 0 Å². The summed E-state index contributed by atoms with van der Waals surface area (Å²) in [6.45, 7) is 2.79. The number of ether oxygens (including phenoxy) is 1. The number of hydrogen-bond donors (Lipinski definition) is 2. The van der Waals surface area contributed by atoms with E-state index in [1.165, 1.54) is 12.1 Å². The van der Waals surface area contributed by atoms with E-state index < -0.39 is 5.91 Å². The van der Waals surface area contributed by atoms with Gasteiger partial charge in [0.1, 0.15) is 5.82 Å². The van der Waals surface area contributed by atoms with Gasteiger partial charge in [0.2, 0.25) is 0 Å². The van der Waals surface area contributed by atoms with Crippen molar-refractivity contribution in [2.75, 3.05) is 6.61 Å². The van der Waals surface area contributed by atoms with Crippen molar-refractivity contribution in [2.45, 2.75) is 30.5 Å². The van der Waals surface area contributed by atoms with Crippen molar-refractivity contribution in [3.63, 3.8) is 0 Å². The highest BCUT2D eigenvalue weighted by Gasteiger charge is 2.24. The van der Waals surface area contributed by atoms with E-state index in [-0.39, 0.29) is 11.9 Å². The fourth-order valence-corrected chi connectivity index (χ4v) is 3.27. The van der Waals surface area contributed by atoms with Gasteiger partial charge in [0.05, 0.1) is 6.10 Å². The largest absolute Gasteiger partial charge is 0.377 e. The maximum Gasteiger partial charge on any atom is 0.265 e. The highest BCUT2D eigenvalue weighted by molar-refractivity contribution is 7.99. The molecule has 0 aromatic heterocycles. The van der Waals surface area contributed by atoms with E-state index in [9.17, 15) is 9.18 Å². The Morgan fingerprint density at radius 3 is 3.05 bits per heavy atom. The summed E-state index contributed by atoms with van der Waals surface area (Å²) in [6, 6.07) is 4.27. The van der Waals surface area contributed by atoms with Crippen LogP contribution < -0.4 is 11.3 Å². The van der Waals surface area contributed by atoms with Crippen LogP contribution in [0.5, 0.6) is 0 Å². The second kappa shape index (κ2) is 6.36. The molecule has 104 valence electrons. The SMILES string of the molecule is CC1OCCC1SCc1cc(C(=O)NN)ccc1F. The number of hydrogen-bond acceptors (Lipinski definition) is 4. The van der Waals surface area contributed by atoms with E-state index in [2.05, 4.69) is 0 Å². The Balaban J connectivity index is 2.04. The number of nitrogens with two attached hydrogens (primary N) is 1. The zero-order valence-electron chi connectivity index (χ0n) is 10.7. The molecule has 6 heteroatoms. The van der Waals surface area contributed by atoms with Crippen molar-refractivity contribution in [1.82, 2.24) is 5.43 Å². The number of benzene rings is 1. The number of halogens is 1. The molecule has 4 nitrogen and oxygen atoms in total. The van der Waals surface area contributed by atoms with E-state index >= 15 is 0 Å². The molecule has 2 atom stereocenters. The summed E-state index contributed by atoms with van der Waals surface area (Å²) in [5, 5.41) is 0.381. The lowest BCUT2D eigenvalue weighted by Crippen LogP contribution is -2.30. The molecule has 1 saturated heterocycles. The molecule has 2 rings (SSSR count). The number of rotatable bonds is 4. The molecule has 1 amide bonds. The average molecular weight is 284 g/mol. The Bertz CT molecular complexity index is 470. The molecule has 2 unspecified atom stereocenters. The summed E-state index contributed by atoms with van der Waals surface area (Å²) < 4.78 is 19.2. The van der Waals surface area contributed by atoms with Gasteiger partial charge in [-0.2, -0.15) is 11.8 Å². The second-order valence-corrected chi connectivity index (χ2v) is 5.72. The second-order valence-electron chi connectivity index (χ2n) is 4.49. The molecule has 0 bridgehead atoms. The Morgan fingerprint density at radius 2 is 2.42 bits per heavy atom. The number of carbonyl (C=O) groups is 1. The Labute approximate surface area is 115 Å². The zero-order valence-corrected chi connectivity index (χ0v) is 11.5. The van der Waals surface area contributed by atoms with Crippen LogP contribution >= 0.6 is 11.8 Å². The standard InChI is InChI=1S/C13H17FN2O2S/c1-8-12(4-5-18-8)19-7-10-6-9(13(17)16-15)2-3-11(10)14/h2-3,6,8,12H,4-5,7,15H2,1H3,(H,16,17). The third-order valence-corrected chi connectivity index (χ3v) is 4.72. The number of thioether (sulfide) groups is 1. The fourth-order valence-electron chi connectivity index (χ4n) is 2.04. The Kier molecular flexibility index (Phi) is 4.79. The average Bonchev–Trinajstić information content (AvgIpc) is 2.82. The zero-order chi connectivity index (χ0) is 13.8. The number of amides is 1. The van der Waals surface area contributed by atoms with Crippen LogP contribution in [-0.2, 0) is 10.5 Å². The molecule has 1 aromatic carbocycles. The van der Waals surface area contributed by atoms with Crippen LogP contribution in [0, 0.1) is 5.82 Å². The predicted molar refractivity (Wildman–Crippen MR) is 73.2 cm³/mol. The van der Waals surface area contributed by atoms with Crippen molar-refractivity contribution >= 4 is 17.7 Å². The van der Waals surface area contributed by atoms with Crippen LogP contribution in [0.15, 0.2) is 18.2 Å². The first-order chi connectivity index (χ1) is 9.11. The normalized spacial score (nSPS) is 22.5. The van der Waals surface area contributed by atoms with Gasteiger partial charge in [-0.25, -0.2) is 10.2 Å². The Morgan fingerprint density at radius 1 is 1.63 bits per heavy atom. The van der Waals surface area contributed by atoms with E-state index in [0.29, 0.717) is 22.1 Å². The molecular weight excluding hydrogens is 267 g/mol. The van der Waals surface area contributed by atoms with Gasteiger partial charge in [0, 0.05) is 23.2 Å². The van der Waals surface area contributed by atoms with Gasteiger partial charge in [-0.3, -0.25) is 10.2 Å². The lowest BCUT2D eigenvalue weighted by Gasteiger charge is -2.14. The first-order valence-electron chi connectivity index (χ1n) is 6.14. The molecule has 1 fully saturated rings. The first-order valence-corrected chi connectivity index (χ1v) is 7.19. The third kappa shape index (κ3) is 3.46. The minimum Gasteiger partial charge on any atom is -0.377 e. The van der Waals surface area contributed by atoms with E-state index in [1.807, 2.05) is 12.3 Å². The fraction of sp³-hybridized carbons (Fsp3) is 0.462. The van der Waals surface area contributed by atoms with Gasteiger partial charge in [-0.1, -0.05) is 0 Å². The quantitative estimate of drug-likeness (QED) is 0.503. The summed E-state index contributed by atoms with van der Waals surface area (Å²) in [4.78, 5) is 11.4. The summed E-state index contributed by atoms with van der Waals surface area (Å²) in [5.74, 6) is 4.88. The molecular formula is C13H17FN2O2S. The van der Waals surface area contributed by atoms with Gasteiger partial charge in [-0.15, -0.1) is 0 Å². The van der Waals surface area contributed by atoms with Crippen molar-refractivity contribution in [3.05, 3.63) is 35.1 Å². The van der Waals surface area contributed by atoms with Gasteiger partial charge in [0.25, 0.3) is 5.91 Å². The van der Waals surface area contributed by atoms with Gasteiger partial charge in [0.15, 0.2) is 0 Å². The maximum absolute atomic E-state index is 13.7. The molecule has 1 aliphatic rings. The van der Waals surface area contributed by atoms with Crippen molar-refractivity contribution in [3.8, 4) is 0 Å². The van der Waals surface area contributed by atoms with Crippen LogP contribution in [0.25, 0.3) is 0 Å². The number of nitrogens with one attached hydrogen (secondary N) is 1. The van der Waals surface area contributed by atoms with E-state index in [4.69, 9.17) is 10.6 Å². The number of hydrazine groups is 1. The molecule has 1 aliphatic heterocycles. The molecule has 0 radical (unpaired) electrons. The smallest absolute Gasteiger partial charge is 0.265 e. The topological polar surface area (TPSA) is 64.3 Å². The van der Waals surface area contributed by atoms with Crippen LogP contribution in [-0.4, -0.2) is 23.9 Å². The summed E-state index contributed by atoms with van der Waals surface area (Å²) in [6.07, 6.45) is 1.18. The molecule has 1 aromatic rings. The molecule has 0 spiro atoms. The third-order valence-electron chi connectivity index (χ3n) is 3.20.